The maximum absolute atomic E-state index is 12.5. The summed E-state index contributed by atoms with van der Waals surface area (Å²) in [5.41, 5.74) is 7.82. The lowest BCUT2D eigenvalue weighted by atomic mass is 9.98. The molecule has 21 heavy (non-hydrogen) atoms. The molecule has 2 aromatic rings. The summed E-state index contributed by atoms with van der Waals surface area (Å²) in [6.07, 6.45) is 3.99. The predicted molar refractivity (Wildman–Crippen MR) is 87.6 cm³/mol. The van der Waals surface area contributed by atoms with Crippen LogP contribution in [0.3, 0.4) is 0 Å². The molecule has 5 heteroatoms. The standard InChI is InChI=1S/C16H21N3OS/c1-8-4-5-11(10(8)3)19-15(20)14-13(17)12-9(2)6-7-18-16(12)21-14/h6-8,10-11H,4-5,17H2,1-3H3,(H,19,20). The van der Waals surface area contributed by atoms with Crippen molar-refractivity contribution in [1.82, 2.24) is 10.3 Å². The van der Waals surface area contributed by atoms with Crippen LogP contribution in [0.4, 0.5) is 5.69 Å². The molecule has 3 N–H and O–H groups in total. The third-order valence-corrected chi connectivity index (χ3v) is 5.94. The van der Waals surface area contributed by atoms with E-state index in [1.165, 1.54) is 17.8 Å². The number of pyridine rings is 1. The number of aromatic nitrogens is 1. The van der Waals surface area contributed by atoms with Crippen LogP contribution in [0.2, 0.25) is 0 Å². The molecule has 1 aliphatic rings. The number of hydrogen-bond donors (Lipinski definition) is 2. The Balaban J connectivity index is 1.89. The third-order valence-electron chi connectivity index (χ3n) is 4.83. The number of rotatable bonds is 2. The van der Waals surface area contributed by atoms with Gasteiger partial charge in [-0.05, 0) is 43.2 Å². The van der Waals surface area contributed by atoms with Crippen molar-refractivity contribution in [1.29, 1.82) is 0 Å². The largest absolute Gasteiger partial charge is 0.397 e. The third kappa shape index (κ3) is 2.39. The van der Waals surface area contributed by atoms with Crippen LogP contribution in [0, 0.1) is 18.8 Å². The number of anilines is 1. The van der Waals surface area contributed by atoms with Crippen LogP contribution in [0.5, 0.6) is 0 Å². The Hall–Kier alpha value is -1.62. The van der Waals surface area contributed by atoms with Crippen LogP contribution in [-0.2, 0) is 0 Å². The molecule has 1 fully saturated rings. The monoisotopic (exact) mass is 303 g/mol. The summed E-state index contributed by atoms with van der Waals surface area (Å²) in [5, 5.41) is 4.08. The number of carbonyl (C=O) groups excluding carboxylic acids is 1. The predicted octanol–water partition coefficient (Wildman–Crippen LogP) is 3.35. The molecule has 0 saturated heterocycles. The van der Waals surface area contributed by atoms with Gasteiger partial charge >= 0.3 is 0 Å². The first kappa shape index (κ1) is 14.3. The zero-order valence-electron chi connectivity index (χ0n) is 12.6. The second kappa shape index (κ2) is 5.30. The van der Waals surface area contributed by atoms with E-state index in [4.69, 9.17) is 5.73 Å². The summed E-state index contributed by atoms with van der Waals surface area (Å²) in [4.78, 5) is 18.3. The van der Waals surface area contributed by atoms with Gasteiger partial charge in [-0.3, -0.25) is 4.79 Å². The van der Waals surface area contributed by atoms with E-state index in [0.717, 1.165) is 22.2 Å². The summed E-state index contributed by atoms with van der Waals surface area (Å²) in [6.45, 7) is 6.45. The smallest absolute Gasteiger partial charge is 0.263 e. The van der Waals surface area contributed by atoms with Crippen molar-refractivity contribution in [2.45, 2.75) is 39.7 Å². The molecule has 2 heterocycles. The minimum Gasteiger partial charge on any atom is -0.397 e. The highest BCUT2D eigenvalue weighted by Gasteiger charge is 2.31. The molecule has 112 valence electrons. The van der Waals surface area contributed by atoms with Gasteiger partial charge < -0.3 is 11.1 Å². The summed E-state index contributed by atoms with van der Waals surface area (Å²) < 4.78 is 0. The highest BCUT2D eigenvalue weighted by molar-refractivity contribution is 7.21. The SMILES string of the molecule is Cc1ccnc2sc(C(=O)NC3CCC(C)C3C)c(N)c12. The number of nitrogens with two attached hydrogens (primary N) is 1. The molecule has 1 saturated carbocycles. The van der Waals surface area contributed by atoms with Crippen molar-refractivity contribution in [3.63, 3.8) is 0 Å². The summed E-state index contributed by atoms with van der Waals surface area (Å²) >= 11 is 1.38. The Labute approximate surface area is 128 Å². The van der Waals surface area contributed by atoms with Gasteiger partial charge in [-0.15, -0.1) is 11.3 Å². The molecule has 2 aromatic heterocycles. The zero-order chi connectivity index (χ0) is 15.1. The van der Waals surface area contributed by atoms with Gasteiger partial charge in [0, 0.05) is 17.6 Å². The van der Waals surface area contributed by atoms with Crippen LogP contribution >= 0.6 is 11.3 Å². The van der Waals surface area contributed by atoms with Gasteiger partial charge in [-0.1, -0.05) is 13.8 Å². The molecule has 0 bridgehead atoms. The van der Waals surface area contributed by atoms with Crippen molar-refractivity contribution in [3.8, 4) is 0 Å². The Morgan fingerprint density at radius 2 is 2.19 bits per heavy atom. The van der Waals surface area contributed by atoms with Gasteiger partial charge in [0.25, 0.3) is 5.91 Å². The van der Waals surface area contributed by atoms with E-state index in [1.807, 2.05) is 13.0 Å². The number of fused-ring (bicyclic) bond motifs is 1. The van der Waals surface area contributed by atoms with Gasteiger partial charge in [-0.2, -0.15) is 0 Å². The molecule has 0 spiro atoms. The van der Waals surface area contributed by atoms with Crippen molar-refractivity contribution in [2.75, 3.05) is 5.73 Å². The Morgan fingerprint density at radius 3 is 2.81 bits per heavy atom. The van der Waals surface area contributed by atoms with Crippen molar-refractivity contribution < 1.29 is 4.79 Å². The number of thiophene rings is 1. The number of amides is 1. The average molecular weight is 303 g/mol. The highest BCUT2D eigenvalue weighted by atomic mass is 32.1. The minimum absolute atomic E-state index is 0.0548. The van der Waals surface area contributed by atoms with Crippen LogP contribution in [0.25, 0.3) is 10.2 Å². The first-order valence-electron chi connectivity index (χ1n) is 7.43. The average Bonchev–Trinajstić information content (AvgIpc) is 2.95. The van der Waals surface area contributed by atoms with Gasteiger partial charge in [0.05, 0.1) is 5.69 Å². The van der Waals surface area contributed by atoms with Crippen molar-refractivity contribution in [3.05, 3.63) is 22.7 Å². The van der Waals surface area contributed by atoms with E-state index in [2.05, 4.69) is 24.1 Å². The minimum atomic E-state index is -0.0548. The molecule has 0 aliphatic heterocycles. The van der Waals surface area contributed by atoms with E-state index in [0.29, 0.717) is 22.4 Å². The molecule has 1 aliphatic carbocycles. The van der Waals surface area contributed by atoms with E-state index >= 15 is 0 Å². The number of nitrogen functional groups attached to an aromatic ring is 1. The van der Waals surface area contributed by atoms with Crippen LogP contribution in [0.15, 0.2) is 12.3 Å². The van der Waals surface area contributed by atoms with E-state index in [9.17, 15) is 4.79 Å². The Morgan fingerprint density at radius 1 is 1.43 bits per heavy atom. The topological polar surface area (TPSA) is 68.0 Å². The fraction of sp³-hybridized carbons (Fsp3) is 0.500. The van der Waals surface area contributed by atoms with Gasteiger partial charge in [0.1, 0.15) is 9.71 Å². The van der Waals surface area contributed by atoms with Crippen LogP contribution in [-0.4, -0.2) is 16.9 Å². The van der Waals surface area contributed by atoms with Gasteiger partial charge in [0.2, 0.25) is 0 Å². The maximum Gasteiger partial charge on any atom is 0.263 e. The van der Waals surface area contributed by atoms with E-state index in [1.54, 1.807) is 6.20 Å². The van der Waals surface area contributed by atoms with Gasteiger partial charge in [-0.25, -0.2) is 4.98 Å². The molecule has 3 rings (SSSR count). The summed E-state index contributed by atoms with van der Waals surface area (Å²) in [5.74, 6) is 1.13. The Bertz CT molecular complexity index is 694. The lowest BCUT2D eigenvalue weighted by Gasteiger charge is -2.19. The number of aryl methyl sites for hydroxylation is 1. The molecule has 3 unspecified atom stereocenters. The van der Waals surface area contributed by atoms with Crippen molar-refractivity contribution in [2.24, 2.45) is 11.8 Å². The van der Waals surface area contributed by atoms with E-state index in [-0.39, 0.29) is 11.9 Å². The lowest BCUT2D eigenvalue weighted by molar-refractivity contribution is 0.0932. The second-order valence-corrected chi connectivity index (χ2v) is 7.15. The zero-order valence-corrected chi connectivity index (χ0v) is 13.5. The van der Waals surface area contributed by atoms with E-state index < -0.39 is 0 Å². The normalized spacial score (nSPS) is 25.4. The quantitative estimate of drug-likeness (QED) is 0.894. The summed E-state index contributed by atoms with van der Waals surface area (Å²) in [7, 11) is 0. The highest BCUT2D eigenvalue weighted by Crippen LogP contribution is 2.35. The number of carbonyl (C=O) groups is 1. The molecular formula is C16H21N3OS. The van der Waals surface area contributed by atoms with Crippen LogP contribution in [0.1, 0.15) is 41.9 Å². The number of hydrogen-bond acceptors (Lipinski definition) is 4. The number of nitrogens with zero attached hydrogens (tertiary/aromatic N) is 1. The summed E-state index contributed by atoms with van der Waals surface area (Å²) in [6, 6.07) is 2.18. The molecule has 0 radical (unpaired) electrons. The lowest BCUT2D eigenvalue weighted by Crippen LogP contribution is -2.37. The maximum atomic E-state index is 12.5. The van der Waals surface area contributed by atoms with Crippen molar-refractivity contribution >= 4 is 33.1 Å². The molecule has 3 atom stereocenters. The first-order chi connectivity index (χ1) is 9.99. The first-order valence-corrected chi connectivity index (χ1v) is 8.25. The molecular weight excluding hydrogens is 282 g/mol. The molecule has 1 amide bonds. The molecule has 0 aromatic carbocycles. The second-order valence-electron chi connectivity index (χ2n) is 6.15. The van der Waals surface area contributed by atoms with Crippen LogP contribution < -0.4 is 11.1 Å². The number of nitrogens with one attached hydrogen (secondary N) is 1. The van der Waals surface area contributed by atoms with Gasteiger partial charge in [0.15, 0.2) is 0 Å². The fourth-order valence-corrected chi connectivity index (χ4v) is 4.22. The fourth-order valence-electron chi connectivity index (χ4n) is 3.17. The molecule has 4 nitrogen and oxygen atoms in total. The Kier molecular flexibility index (Phi) is 3.61.